The van der Waals surface area contributed by atoms with E-state index in [0.29, 0.717) is 64.6 Å². The second kappa shape index (κ2) is 17.2. The maximum Gasteiger partial charge on any atom is 0.344 e. The summed E-state index contributed by atoms with van der Waals surface area (Å²) < 4.78 is 24.4. The summed E-state index contributed by atoms with van der Waals surface area (Å²) in [4.78, 5) is 51.2. The molecule has 3 aliphatic carbocycles. The third-order valence-electron chi connectivity index (χ3n) is 17.2. The molecule has 0 amide bonds. The molecule has 8 aliphatic rings. The number of carbonyl (C=O) groups is 3. The fraction of sp³-hybridized carbons (Fsp3) is 0.667. The van der Waals surface area contributed by atoms with Crippen molar-refractivity contribution in [1.29, 1.82) is 0 Å². The summed E-state index contributed by atoms with van der Waals surface area (Å²) in [5.41, 5.74) is -0.0414. The Hall–Kier alpha value is -3.50. The van der Waals surface area contributed by atoms with Crippen LogP contribution in [0.25, 0.3) is 5.57 Å². The normalized spacial score (nSPS) is 39.1. The molecule has 0 aromatic heterocycles. The maximum absolute atomic E-state index is 15.6. The lowest BCUT2D eigenvalue weighted by molar-refractivity contribution is -0.243. The van der Waals surface area contributed by atoms with Crippen LogP contribution < -0.4 is 0 Å². The molecule has 4 fully saturated rings. The van der Waals surface area contributed by atoms with E-state index in [0.717, 1.165) is 64.6 Å². The number of aliphatic hydroxyl groups is 3. The molecule has 9 rings (SSSR count). The van der Waals surface area contributed by atoms with Crippen LogP contribution in [0.5, 0.6) is 0 Å². The van der Waals surface area contributed by atoms with E-state index >= 15 is 4.79 Å². The van der Waals surface area contributed by atoms with Crippen LogP contribution >= 0.6 is 11.8 Å². The number of hydrogen-bond donors (Lipinski definition) is 3. The Balaban J connectivity index is 1.29. The minimum atomic E-state index is -2.29. The van der Waals surface area contributed by atoms with Gasteiger partial charge in [-0.3, -0.25) is 19.4 Å². The van der Waals surface area contributed by atoms with Crippen LogP contribution in [0.2, 0.25) is 0 Å². The zero-order chi connectivity index (χ0) is 46.3. The average molecular weight is 916 g/mol. The predicted octanol–water partition coefficient (Wildman–Crippen LogP) is 4.92. The van der Waals surface area contributed by atoms with E-state index in [1.807, 2.05) is 25.8 Å². The van der Waals surface area contributed by atoms with Crippen LogP contribution in [0.4, 0.5) is 0 Å². The second-order valence-electron chi connectivity index (χ2n) is 20.3. The van der Waals surface area contributed by atoms with Gasteiger partial charge in [-0.1, -0.05) is 38.1 Å². The van der Waals surface area contributed by atoms with Crippen LogP contribution in [-0.2, 0) is 39.8 Å². The van der Waals surface area contributed by atoms with Crippen LogP contribution in [-0.4, -0.2) is 157 Å². The van der Waals surface area contributed by atoms with Gasteiger partial charge in [0.15, 0.2) is 6.10 Å². The number of hydrogen-bond acceptors (Lipinski definition) is 14. The molecular formula is C51H69N3O10S. The minimum absolute atomic E-state index is 0.0544. The van der Waals surface area contributed by atoms with E-state index in [-0.39, 0.29) is 24.5 Å². The van der Waals surface area contributed by atoms with Gasteiger partial charge in [0.1, 0.15) is 0 Å². The molecule has 1 saturated carbocycles. The molecule has 354 valence electrons. The molecule has 1 spiro atoms. The van der Waals surface area contributed by atoms with Crippen molar-refractivity contribution in [3.63, 3.8) is 0 Å². The van der Waals surface area contributed by atoms with Gasteiger partial charge in [0.25, 0.3) is 0 Å². The summed E-state index contributed by atoms with van der Waals surface area (Å²) >= 11 is 1.78. The Morgan fingerprint density at radius 3 is 2.45 bits per heavy atom. The number of unbranched alkanes of at least 4 members (excludes halogenated alkanes) is 1. The monoisotopic (exact) mass is 915 g/mol. The second-order valence-corrected chi connectivity index (χ2v) is 21.4. The van der Waals surface area contributed by atoms with Gasteiger partial charge in [0, 0.05) is 87.2 Å². The number of nitrogens with zero attached hydrogens (tertiary/aromatic N) is 3. The van der Waals surface area contributed by atoms with Crippen molar-refractivity contribution in [3.8, 4) is 0 Å². The number of fused-ring (bicyclic) bond motifs is 5. The first kappa shape index (κ1) is 46.6. The predicted molar refractivity (Wildman–Crippen MR) is 246 cm³/mol. The lowest BCUT2D eigenvalue weighted by atomic mass is 9.47. The van der Waals surface area contributed by atoms with Gasteiger partial charge in [-0.25, -0.2) is 4.79 Å². The van der Waals surface area contributed by atoms with Crippen molar-refractivity contribution in [3.05, 3.63) is 70.5 Å². The van der Waals surface area contributed by atoms with Gasteiger partial charge >= 0.3 is 17.9 Å². The first-order valence-electron chi connectivity index (χ1n) is 23.9. The molecule has 5 heterocycles. The molecule has 14 heteroatoms. The summed E-state index contributed by atoms with van der Waals surface area (Å²) in [6, 6.07) is 5.49. The highest BCUT2D eigenvalue weighted by Gasteiger charge is 2.81. The molecule has 5 aliphatic heterocycles. The molecule has 1 aromatic carbocycles. The molecule has 65 heavy (non-hydrogen) atoms. The number of piperidine rings is 1. The van der Waals surface area contributed by atoms with E-state index in [9.17, 15) is 24.9 Å². The molecule has 3 N–H and O–H groups in total. The quantitative estimate of drug-likeness (QED) is 0.0854. The average Bonchev–Trinajstić information content (AvgIpc) is 3.96. The van der Waals surface area contributed by atoms with Crippen molar-refractivity contribution in [1.82, 2.24) is 14.7 Å². The molecule has 3 saturated heterocycles. The zero-order valence-electron chi connectivity index (χ0n) is 39.3. The van der Waals surface area contributed by atoms with Crippen LogP contribution in [0, 0.1) is 28.1 Å². The van der Waals surface area contributed by atoms with Crippen molar-refractivity contribution in [2.75, 3.05) is 73.5 Å². The number of carbonyl (C=O) groups excluding carboxylic acids is 3. The Labute approximate surface area is 388 Å². The summed E-state index contributed by atoms with van der Waals surface area (Å²) in [7, 11) is 6.33. The Morgan fingerprint density at radius 1 is 0.969 bits per heavy atom. The number of likely N-dealkylation sites (tertiary alicyclic amines) is 1. The minimum Gasteiger partial charge on any atom is -0.468 e. The van der Waals surface area contributed by atoms with Gasteiger partial charge in [-0.15, -0.1) is 11.8 Å². The van der Waals surface area contributed by atoms with Crippen molar-refractivity contribution >= 4 is 35.2 Å². The first-order chi connectivity index (χ1) is 31.2. The molecular weight excluding hydrogens is 847 g/mol. The highest BCUT2D eigenvalue weighted by Crippen LogP contribution is 2.71. The van der Waals surface area contributed by atoms with Gasteiger partial charge in [-0.05, 0) is 122 Å². The third kappa shape index (κ3) is 6.80. The Bertz CT molecular complexity index is 2230. The summed E-state index contributed by atoms with van der Waals surface area (Å²) in [5.74, 6) is -1.54. The number of rotatable bonds is 12. The fourth-order valence-corrected chi connectivity index (χ4v) is 15.8. The van der Waals surface area contributed by atoms with Crippen LogP contribution in [0.15, 0.2) is 64.2 Å². The number of aliphatic hydroxyl groups excluding tert-OH is 1. The smallest absolute Gasteiger partial charge is 0.344 e. The molecule has 2 bridgehead atoms. The molecule has 0 radical (unpaired) electrons. The molecule has 1 aromatic rings. The molecule has 12 atom stereocenters. The largest absolute Gasteiger partial charge is 0.468 e. The summed E-state index contributed by atoms with van der Waals surface area (Å²) in [5, 5.41) is 35.0. The summed E-state index contributed by atoms with van der Waals surface area (Å²) in [6.45, 7) is 8.94. The zero-order valence-corrected chi connectivity index (χ0v) is 40.1. The molecule has 3 unspecified atom stereocenters. The lowest BCUT2D eigenvalue weighted by Gasteiger charge is -2.63. The number of methoxy groups -OCH3 is 3. The van der Waals surface area contributed by atoms with Gasteiger partial charge in [0.2, 0.25) is 5.60 Å². The van der Waals surface area contributed by atoms with E-state index in [1.54, 1.807) is 18.9 Å². The number of likely N-dealkylation sites (N-methyl/N-ethyl adjacent to an activating group) is 1. The highest BCUT2D eigenvalue weighted by molar-refractivity contribution is 7.99. The fourth-order valence-electron chi connectivity index (χ4n) is 14.8. The number of allylic oxidation sites excluding steroid dienone is 1. The number of esters is 3. The van der Waals surface area contributed by atoms with Crippen LogP contribution in [0.1, 0.15) is 83.3 Å². The summed E-state index contributed by atoms with van der Waals surface area (Å²) in [6.07, 6.45) is 12.2. The SMILES string of the molecule is CC[C@]1(O)C[C@H]2CN(CCC3=C(Cc4ccc(SCCCCO)cc43)[C@@](C(=O)OC)(C3C=C4C(=CC3OC)N(C)[C@H]3[C@@](O)(C(=O)OC)[C@H](OC(C)=O)[C@]5(CC)C=CCN6CC[C@]43[C@@H]65)C2)C1. The lowest BCUT2D eigenvalue weighted by Crippen LogP contribution is -2.79. The number of benzene rings is 1. The van der Waals surface area contributed by atoms with E-state index in [2.05, 4.69) is 52.3 Å². The van der Waals surface area contributed by atoms with Crippen molar-refractivity contribution < 1.29 is 48.7 Å². The number of ether oxygens (including phenoxy) is 4. The van der Waals surface area contributed by atoms with Crippen LogP contribution in [0.3, 0.4) is 0 Å². The highest BCUT2D eigenvalue weighted by atomic mass is 32.2. The topological polar surface area (TPSA) is 159 Å². The van der Waals surface area contributed by atoms with Crippen molar-refractivity contribution in [2.24, 2.45) is 28.1 Å². The van der Waals surface area contributed by atoms with Gasteiger partial charge in [-0.2, -0.15) is 0 Å². The first-order valence-corrected chi connectivity index (χ1v) is 24.9. The third-order valence-corrected chi connectivity index (χ3v) is 18.3. The van der Waals surface area contributed by atoms with E-state index in [1.165, 1.54) is 26.7 Å². The Morgan fingerprint density at radius 2 is 1.75 bits per heavy atom. The van der Waals surface area contributed by atoms with Crippen molar-refractivity contribution in [2.45, 2.75) is 119 Å². The van der Waals surface area contributed by atoms with E-state index < -0.39 is 63.6 Å². The standard InChI is InChI=1S/C51H69N3O10S/c1-8-47(59)27-32-28-50(45(57)62-6,37-23-33-13-14-34(65-22-11-10-21-55)24-36(33)35(37)15-19-53(29-32)30-47)39-25-38-40(26-41(39)61-5)52(4)43-49(38)17-20-54-18-12-16-48(9-2,42(49)54)44(64-31(3)56)51(43,60)46(58)63-7/h12-14,16,24-26,32,39,41-44,55,59-60H,8-11,15,17-23,27-30H2,1-7H3/t32-,39?,41?,42+,43-,44-,47+,48-,49-,50-,51+/m1/s1. The maximum atomic E-state index is 15.6. The molecule has 13 nitrogen and oxygen atoms in total. The van der Waals surface area contributed by atoms with E-state index in [4.69, 9.17) is 18.9 Å². The Kier molecular flexibility index (Phi) is 12.4. The number of thioether (sulfide) groups is 1. The van der Waals surface area contributed by atoms with Gasteiger partial charge in [0.05, 0.1) is 37.4 Å². The van der Waals surface area contributed by atoms with Gasteiger partial charge < -0.3 is 39.2 Å².